The molecule has 0 heterocycles. The van der Waals surface area contributed by atoms with E-state index in [1.165, 1.54) is 18.3 Å². The van der Waals surface area contributed by atoms with Crippen molar-refractivity contribution in [2.75, 3.05) is 6.61 Å². The summed E-state index contributed by atoms with van der Waals surface area (Å²) in [5.41, 5.74) is 0. The second-order valence-corrected chi connectivity index (χ2v) is 3.68. The van der Waals surface area contributed by atoms with Crippen LogP contribution in [0.3, 0.4) is 0 Å². The Morgan fingerprint density at radius 3 is 2.33 bits per heavy atom. The first-order valence-corrected chi connectivity index (χ1v) is 3.93. The summed E-state index contributed by atoms with van der Waals surface area (Å²) < 4.78 is 5.62. The van der Waals surface area contributed by atoms with Gasteiger partial charge in [-0.2, -0.15) is 0 Å². The third-order valence-corrected chi connectivity index (χ3v) is 0.946. The van der Waals surface area contributed by atoms with E-state index in [9.17, 15) is 0 Å². The standard InChI is InChI=1S/C4H9O.Zn/c1-3-5-4-2;/h3H,4H2,1-2H3;. The summed E-state index contributed by atoms with van der Waals surface area (Å²) in [6.07, 6.45) is 0. The van der Waals surface area contributed by atoms with Crippen LogP contribution < -0.4 is 0 Å². The number of hydrogen-bond donors (Lipinski definition) is 0. The molecule has 0 aliphatic rings. The summed E-state index contributed by atoms with van der Waals surface area (Å²) in [5.74, 6) is 0. The van der Waals surface area contributed by atoms with Crippen molar-refractivity contribution in [2.45, 2.75) is 18.5 Å². The third-order valence-electron chi connectivity index (χ3n) is 0.451. The number of ether oxygens (including phenoxy) is 1. The molecule has 0 bridgehead atoms. The molecular formula is C4H9OZn. The van der Waals surface area contributed by atoms with E-state index in [2.05, 4.69) is 6.92 Å². The van der Waals surface area contributed by atoms with Gasteiger partial charge in [0.05, 0.1) is 0 Å². The van der Waals surface area contributed by atoms with E-state index in [1.807, 2.05) is 6.92 Å². The zero-order chi connectivity index (χ0) is 4.99. The van der Waals surface area contributed by atoms with Crippen molar-refractivity contribution in [1.82, 2.24) is 0 Å². The monoisotopic (exact) mass is 137 g/mol. The Bertz CT molecular complexity index is 28.7. The summed E-state index contributed by atoms with van der Waals surface area (Å²) in [5, 5.41) is 0. The van der Waals surface area contributed by atoms with Crippen LogP contribution in [-0.2, 0) is 23.0 Å². The molecule has 33 valence electrons. The van der Waals surface area contributed by atoms with Crippen LogP contribution in [0.2, 0.25) is 0 Å². The van der Waals surface area contributed by atoms with Gasteiger partial charge in [0.25, 0.3) is 0 Å². The Kier molecular flexibility index (Phi) is 4.13. The van der Waals surface area contributed by atoms with Crippen molar-refractivity contribution in [3.05, 3.63) is 0 Å². The van der Waals surface area contributed by atoms with Gasteiger partial charge in [-0.25, -0.2) is 0 Å². The SMILES string of the molecule is CCO[CH](C)[Zn]. The fourth-order valence-corrected chi connectivity index (χ4v) is 0.779. The molecule has 0 aliphatic heterocycles. The molecule has 0 fully saturated rings. The molecule has 2 heteroatoms. The first-order chi connectivity index (χ1) is 2.77. The molecule has 0 N–H and O–H groups in total. The van der Waals surface area contributed by atoms with E-state index in [0.29, 0.717) is 4.70 Å². The van der Waals surface area contributed by atoms with Crippen LogP contribution in [-0.4, -0.2) is 11.3 Å². The summed E-state index contributed by atoms with van der Waals surface area (Å²) in [4.78, 5) is 0. The molecule has 0 spiro atoms. The zero-order valence-electron chi connectivity index (χ0n) is 4.40. The Hall–Kier alpha value is 0.583. The topological polar surface area (TPSA) is 9.23 Å². The summed E-state index contributed by atoms with van der Waals surface area (Å²) in [6, 6.07) is 0. The molecule has 1 unspecified atom stereocenters. The predicted molar refractivity (Wildman–Crippen MR) is 21.1 cm³/mol. The van der Waals surface area contributed by atoms with Gasteiger partial charge in [0, 0.05) is 0 Å². The fourth-order valence-electron chi connectivity index (χ4n) is 0.285. The Labute approximate surface area is 48.7 Å². The molecule has 0 aromatic heterocycles. The van der Waals surface area contributed by atoms with E-state index >= 15 is 0 Å². The molecule has 0 saturated carbocycles. The average Bonchev–Trinajstić information content (AvgIpc) is 1.35. The zero-order valence-corrected chi connectivity index (χ0v) is 7.37. The van der Waals surface area contributed by atoms with E-state index in [4.69, 9.17) is 4.74 Å². The van der Waals surface area contributed by atoms with Crippen molar-refractivity contribution in [3.8, 4) is 0 Å². The third kappa shape index (κ3) is 4.58. The van der Waals surface area contributed by atoms with Gasteiger partial charge in [0.15, 0.2) is 0 Å². The molecule has 0 saturated heterocycles. The fraction of sp³-hybridized carbons (Fsp3) is 1.00. The van der Waals surface area contributed by atoms with Crippen LogP contribution in [0.4, 0.5) is 0 Å². The van der Waals surface area contributed by atoms with E-state index in [1.54, 1.807) is 0 Å². The maximum atomic E-state index is 5.10. The Balaban J connectivity index is 2.63. The van der Waals surface area contributed by atoms with Gasteiger partial charge < -0.3 is 0 Å². The molecule has 1 atom stereocenters. The van der Waals surface area contributed by atoms with Crippen LogP contribution in [0.25, 0.3) is 0 Å². The first-order valence-electron chi connectivity index (χ1n) is 2.22. The molecule has 0 aliphatic carbocycles. The van der Waals surface area contributed by atoms with Crippen LogP contribution in [0.5, 0.6) is 0 Å². The van der Waals surface area contributed by atoms with E-state index < -0.39 is 0 Å². The van der Waals surface area contributed by atoms with Crippen molar-refractivity contribution in [3.63, 3.8) is 0 Å². The molecule has 6 heavy (non-hydrogen) atoms. The van der Waals surface area contributed by atoms with Crippen LogP contribution >= 0.6 is 0 Å². The van der Waals surface area contributed by atoms with Gasteiger partial charge in [-0.3, -0.25) is 0 Å². The normalized spacial score (nSPS) is 14.7. The number of hydrogen-bond acceptors (Lipinski definition) is 1. The van der Waals surface area contributed by atoms with Gasteiger partial charge in [-0.15, -0.1) is 0 Å². The minimum absolute atomic E-state index is 0.523. The van der Waals surface area contributed by atoms with E-state index in [-0.39, 0.29) is 0 Å². The summed E-state index contributed by atoms with van der Waals surface area (Å²) in [7, 11) is 0. The van der Waals surface area contributed by atoms with E-state index in [0.717, 1.165) is 6.61 Å². The second kappa shape index (κ2) is 3.76. The van der Waals surface area contributed by atoms with Gasteiger partial charge >= 0.3 is 48.2 Å². The van der Waals surface area contributed by atoms with Gasteiger partial charge in [0.1, 0.15) is 0 Å². The summed E-state index contributed by atoms with van der Waals surface area (Å²) >= 11 is 1.24. The molecule has 0 rings (SSSR count). The van der Waals surface area contributed by atoms with Crippen LogP contribution in [0, 0.1) is 0 Å². The molecule has 0 aromatic carbocycles. The molecule has 1 nitrogen and oxygen atoms in total. The molecule has 0 aromatic rings. The van der Waals surface area contributed by atoms with Crippen molar-refractivity contribution < 1.29 is 23.0 Å². The Morgan fingerprint density at radius 1 is 1.83 bits per heavy atom. The number of rotatable bonds is 2. The van der Waals surface area contributed by atoms with Crippen molar-refractivity contribution in [1.29, 1.82) is 0 Å². The molecule has 0 amide bonds. The van der Waals surface area contributed by atoms with Gasteiger partial charge in [-0.05, 0) is 0 Å². The minimum atomic E-state index is 0.523. The predicted octanol–water partition coefficient (Wildman–Crippen LogP) is 0.916. The van der Waals surface area contributed by atoms with Gasteiger partial charge in [0.2, 0.25) is 0 Å². The average molecular weight is 139 g/mol. The molecule has 0 radical (unpaired) electrons. The molecular weight excluding hydrogens is 129 g/mol. The van der Waals surface area contributed by atoms with Crippen molar-refractivity contribution >= 4 is 0 Å². The quantitative estimate of drug-likeness (QED) is 0.516. The Morgan fingerprint density at radius 2 is 2.33 bits per heavy atom. The van der Waals surface area contributed by atoms with Crippen LogP contribution in [0.1, 0.15) is 13.8 Å². The summed E-state index contributed by atoms with van der Waals surface area (Å²) in [6.45, 7) is 4.97. The van der Waals surface area contributed by atoms with Crippen LogP contribution in [0.15, 0.2) is 0 Å². The second-order valence-electron chi connectivity index (χ2n) is 1.27. The van der Waals surface area contributed by atoms with Gasteiger partial charge in [-0.1, -0.05) is 0 Å². The maximum absolute atomic E-state index is 5.10. The first kappa shape index (κ1) is 6.58. The van der Waals surface area contributed by atoms with Crippen molar-refractivity contribution in [2.24, 2.45) is 0 Å².